The van der Waals surface area contributed by atoms with Crippen LogP contribution in [0.5, 0.6) is 0 Å². The van der Waals surface area contributed by atoms with Crippen molar-refractivity contribution in [3.8, 4) is 0 Å². The number of Topliss-reactive ketones (excluding diaryl/α,β-unsaturated/α-hetero) is 1. The zero-order chi connectivity index (χ0) is 8.55. The van der Waals surface area contributed by atoms with Crippen LogP contribution >= 0.6 is 0 Å². The van der Waals surface area contributed by atoms with Gasteiger partial charge in [-0.05, 0) is 0 Å². The minimum atomic E-state index is -0.205. The summed E-state index contributed by atoms with van der Waals surface area (Å²) in [5.41, 5.74) is 0.930. The van der Waals surface area contributed by atoms with Gasteiger partial charge in [-0.2, -0.15) is 0 Å². The molecule has 0 bridgehead atoms. The zero-order valence-corrected chi connectivity index (χ0v) is 9.03. The molecule has 2 aromatic rings. The van der Waals surface area contributed by atoms with Gasteiger partial charge in [-0.3, -0.25) is 0 Å². The molecule has 0 unspecified atom stereocenters. The molecule has 1 aromatic carbocycles. The van der Waals surface area contributed by atoms with Crippen LogP contribution in [-0.2, 0) is 0 Å². The van der Waals surface area contributed by atoms with Crippen LogP contribution < -0.4 is 0 Å². The summed E-state index contributed by atoms with van der Waals surface area (Å²) in [4.78, 5) is 11.2. The Hall–Kier alpha value is -0.580. The van der Waals surface area contributed by atoms with Crippen molar-refractivity contribution in [1.82, 2.24) is 0 Å². The Kier molecular flexibility index (Phi) is 2.04. The van der Waals surface area contributed by atoms with Gasteiger partial charge in [-0.15, -0.1) is 0 Å². The van der Waals surface area contributed by atoms with E-state index in [0.29, 0.717) is 0 Å². The molecule has 2 rings (SSSR count). The third-order valence-corrected chi connectivity index (χ3v) is 4.61. The Balaban J connectivity index is 2.82. The van der Waals surface area contributed by atoms with Crippen LogP contribution in [0, 0.1) is 0 Å². The molecule has 0 spiro atoms. The second-order valence-electron chi connectivity index (χ2n) is 2.70. The van der Waals surface area contributed by atoms with Crippen LogP contribution in [0.15, 0.2) is 28.3 Å². The quantitative estimate of drug-likeness (QED) is 0.573. The van der Waals surface area contributed by atoms with Crippen LogP contribution in [0.4, 0.5) is 0 Å². The molecule has 0 saturated carbocycles. The minimum absolute atomic E-state index is 0.195. The van der Waals surface area contributed by atoms with E-state index in [1.165, 1.54) is 8.79 Å². The SMILES string of the molecule is CC(=O)c1cccc2cc[te]c12. The Morgan fingerprint density at radius 3 is 2.92 bits per heavy atom. The van der Waals surface area contributed by atoms with Crippen molar-refractivity contribution in [2.45, 2.75) is 6.92 Å². The number of benzene rings is 1. The fraction of sp³-hybridized carbons (Fsp3) is 0.100. The third kappa shape index (κ3) is 1.22. The van der Waals surface area contributed by atoms with Gasteiger partial charge in [-0.25, -0.2) is 0 Å². The first kappa shape index (κ1) is 8.04. The number of carbonyl (C=O) groups is 1. The summed E-state index contributed by atoms with van der Waals surface area (Å²) in [6.45, 7) is 1.64. The summed E-state index contributed by atoms with van der Waals surface area (Å²) in [5.74, 6) is 0.195. The second kappa shape index (κ2) is 3.05. The van der Waals surface area contributed by atoms with Crippen molar-refractivity contribution in [2.75, 3.05) is 0 Å². The summed E-state index contributed by atoms with van der Waals surface area (Å²) in [6.07, 6.45) is 0. The van der Waals surface area contributed by atoms with Crippen molar-refractivity contribution in [3.63, 3.8) is 0 Å². The van der Waals surface area contributed by atoms with Gasteiger partial charge in [0.25, 0.3) is 0 Å². The van der Waals surface area contributed by atoms with Crippen LogP contribution in [0.25, 0.3) is 8.79 Å². The van der Waals surface area contributed by atoms with E-state index < -0.39 is 0 Å². The fourth-order valence-corrected chi connectivity index (χ4v) is 4.01. The summed E-state index contributed by atoms with van der Waals surface area (Å²) in [6, 6.07) is 8.09. The van der Waals surface area contributed by atoms with Crippen molar-refractivity contribution in [3.05, 3.63) is 33.9 Å². The van der Waals surface area contributed by atoms with E-state index in [1.54, 1.807) is 6.92 Å². The van der Waals surface area contributed by atoms with Gasteiger partial charge in [-0.1, -0.05) is 0 Å². The van der Waals surface area contributed by atoms with E-state index in [0.717, 1.165) is 5.56 Å². The average molecular weight is 272 g/mol. The molecular weight excluding hydrogens is 264 g/mol. The van der Waals surface area contributed by atoms with E-state index >= 15 is 0 Å². The molecule has 0 fully saturated rings. The van der Waals surface area contributed by atoms with Gasteiger partial charge in [0.2, 0.25) is 0 Å². The topological polar surface area (TPSA) is 17.1 Å². The molecule has 0 aliphatic rings. The van der Waals surface area contributed by atoms with Crippen molar-refractivity contribution < 1.29 is 4.79 Å². The molecular formula is C10H8OTe. The number of fused-ring (bicyclic) bond motifs is 1. The first-order chi connectivity index (χ1) is 5.79. The molecule has 1 nitrogen and oxygen atoms in total. The summed E-state index contributed by atoms with van der Waals surface area (Å²) in [5, 5.41) is 1.25. The van der Waals surface area contributed by atoms with Crippen molar-refractivity contribution in [2.24, 2.45) is 0 Å². The molecule has 1 heterocycles. The fourth-order valence-electron chi connectivity index (χ4n) is 1.27. The Labute approximate surface area is 80.6 Å². The number of ketones is 1. The molecule has 0 aliphatic carbocycles. The van der Waals surface area contributed by atoms with E-state index in [9.17, 15) is 4.79 Å². The summed E-state index contributed by atoms with van der Waals surface area (Å²) >= 11 is -0.205. The molecule has 0 atom stereocenters. The van der Waals surface area contributed by atoms with Crippen molar-refractivity contribution in [1.29, 1.82) is 0 Å². The van der Waals surface area contributed by atoms with Crippen molar-refractivity contribution >= 4 is 35.0 Å². The monoisotopic (exact) mass is 274 g/mol. The first-order valence-electron chi connectivity index (χ1n) is 3.76. The molecule has 1 aromatic heterocycles. The molecule has 0 saturated heterocycles. The molecule has 0 aliphatic heterocycles. The molecule has 0 radical (unpaired) electrons. The van der Waals surface area contributed by atoms with Gasteiger partial charge < -0.3 is 0 Å². The zero-order valence-electron chi connectivity index (χ0n) is 6.70. The summed E-state index contributed by atoms with van der Waals surface area (Å²) in [7, 11) is 0. The predicted octanol–water partition coefficient (Wildman–Crippen LogP) is 2.10. The summed E-state index contributed by atoms with van der Waals surface area (Å²) < 4.78 is 3.54. The first-order valence-corrected chi connectivity index (χ1v) is 6.27. The normalized spacial score (nSPS) is 10.4. The molecule has 0 amide bonds. The van der Waals surface area contributed by atoms with Gasteiger partial charge in [0.05, 0.1) is 0 Å². The second-order valence-corrected chi connectivity index (χ2v) is 5.32. The third-order valence-electron chi connectivity index (χ3n) is 1.86. The maximum atomic E-state index is 11.2. The van der Waals surface area contributed by atoms with Crippen LogP contribution in [0.1, 0.15) is 17.3 Å². The Bertz CT molecular complexity index is 428. The van der Waals surface area contributed by atoms with E-state index in [-0.39, 0.29) is 26.2 Å². The van der Waals surface area contributed by atoms with Crippen LogP contribution in [0.2, 0.25) is 0 Å². The Morgan fingerprint density at radius 1 is 1.33 bits per heavy atom. The van der Waals surface area contributed by atoms with E-state index in [1.807, 2.05) is 12.1 Å². The maximum absolute atomic E-state index is 11.2. The van der Waals surface area contributed by atoms with Gasteiger partial charge >= 0.3 is 80.6 Å². The number of hydrogen-bond donors (Lipinski definition) is 0. The average Bonchev–Trinajstić information content (AvgIpc) is 2.49. The number of hydrogen-bond acceptors (Lipinski definition) is 1. The van der Waals surface area contributed by atoms with Gasteiger partial charge in [0.1, 0.15) is 0 Å². The van der Waals surface area contributed by atoms with E-state index in [4.69, 9.17) is 0 Å². The predicted molar refractivity (Wildman–Crippen MR) is 50.9 cm³/mol. The number of carbonyl (C=O) groups excluding carboxylic acids is 1. The molecule has 0 N–H and O–H groups in total. The molecule has 2 heteroatoms. The van der Waals surface area contributed by atoms with Gasteiger partial charge in [0.15, 0.2) is 0 Å². The van der Waals surface area contributed by atoms with E-state index in [2.05, 4.69) is 16.2 Å². The molecule has 12 heavy (non-hydrogen) atoms. The van der Waals surface area contributed by atoms with Gasteiger partial charge in [0, 0.05) is 0 Å². The number of rotatable bonds is 1. The van der Waals surface area contributed by atoms with Crippen LogP contribution in [0.3, 0.4) is 0 Å². The van der Waals surface area contributed by atoms with Crippen LogP contribution in [-0.4, -0.2) is 26.2 Å². The standard InChI is InChI=1S/C10H8OTe/c1-7(11)9-4-2-3-8-5-6-12-10(8)9/h2-6H,1H3. The molecule has 60 valence electrons. The Morgan fingerprint density at radius 2 is 2.17 bits per heavy atom.